The van der Waals surface area contributed by atoms with Crippen LogP contribution in [0.4, 0.5) is 0 Å². The molecule has 1 atom stereocenters. The van der Waals surface area contributed by atoms with Crippen molar-refractivity contribution in [3.8, 4) is 17.2 Å². The molecule has 0 saturated heterocycles. The highest BCUT2D eigenvalue weighted by Gasteiger charge is 2.15. The van der Waals surface area contributed by atoms with Gasteiger partial charge in [-0.15, -0.1) is 0 Å². The van der Waals surface area contributed by atoms with E-state index in [-0.39, 0.29) is 6.04 Å². The predicted octanol–water partition coefficient (Wildman–Crippen LogP) is 3.09. The van der Waals surface area contributed by atoms with E-state index in [1.807, 2.05) is 23.7 Å². The average Bonchev–Trinajstić information content (AvgIpc) is 2.99. The van der Waals surface area contributed by atoms with Crippen LogP contribution < -0.4 is 19.5 Å². The van der Waals surface area contributed by atoms with Gasteiger partial charge in [-0.1, -0.05) is 0 Å². The fourth-order valence-corrected chi connectivity index (χ4v) is 2.74. The van der Waals surface area contributed by atoms with Gasteiger partial charge >= 0.3 is 0 Å². The molecule has 2 aromatic rings. The smallest absolute Gasteiger partial charge is 0.203 e. The zero-order valence-electron chi connectivity index (χ0n) is 15.3. The second kappa shape index (κ2) is 8.06. The molecular weight excluding hydrogens is 306 g/mol. The van der Waals surface area contributed by atoms with Crippen molar-refractivity contribution in [2.75, 3.05) is 21.3 Å². The Kier molecular flexibility index (Phi) is 6.09. The summed E-state index contributed by atoms with van der Waals surface area (Å²) in [5, 5.41) is 8.03. The van der Waals surface area contributed by atoms with Gasteiger partial charge in [0.05, 0.1) is 27.0 Å². The lowest BCUT2D eigenvalue weighted by Gasteiger charge is -2.16. The van der Waals surface area contributed by atoms with Crippen LogP contribution in [0.3, 0.4) is 0 Å². The highest BCUT2D eigenvalue weighted by molar-refractivity contribution is 5.53. The summed E-state index contributed by atoms with van der Waals surface area (Å²) in [4.78, 5) is 0. The van der Waals surface area contributed by atoms with Gasteiger partial charge in [-0.3, -0.25) is 4.68 Å². The fraction of sp³-hybridized carbons (Fsp3) is 0.500. The molecule has 0 spiro atoms. The molecule has 0 aliphatic heterocycles. The quantitative estimate of drug-likeness (QED) is 0.804. The van der Waals surface area contributed by atoms with Crippen molar-refractivity contribution < 1.29 is 14.2 Å². The zero-order chi connectivity index (χ0) is 17.7. The maximum absolute atomic E-state index is 5.40. The topological polar surface area (TPSA) is 57.5 Å². The van der Waals surface area contributed by atoms with E-state index in [9.17, 15) is 0 Å². The standard InChI is InChI=1S/C18H27N3O3/c1-7-21-11-15(13(3)20-21)12(2)19-10-14-8-16(22-4)18(24-6)17(9-14)23-5/h8-9,11-12,19H,7,10H2,1-6H3. The van der Waals surface area contributed by atoms with Gasteiger partial charge in [0.25, 0.3) is 0 Å². The van der Waals surface area contributed by atoms with E-state index in [2.05, 4.69) is 30.5 Å². The van der Waals surface area contributed by atoms with Crippen molar-refractivity contribution in [2.24, 2.45) is 0 Å². The maximum atomic E-state index is 5.40. The molecule has 6 nitrogen and oxygen atoms in total. The summed E-state index contributed by atoms with van der Waals surface area (Å²) >= 11 is 0. The molecule has 0 aliphatic rings. The molecule has 1 aromatic carbocycles. The summed E-state index contributed by atoms with van der Waals surface area (Å²) in [6, 6.07) is 4.12. The van der Waals surface area contributed by atoms with Gasteiger partial charge in [-0.25, -0.2) is 0 Å². The van der Waals surface area contributed by atoms with Gasteiger partial charge in [-0.2, -0.15) is 5.10 Å². The molecule has 0 aliphatic carbocycles. The summed E-state index contributed by atoms with van der Waals surface area (Å²) in [6.45, 7) is 7.83. The third-order valence-electron chi connectivity index (χ3n) is 4.11. The molecular formula is C18H27N3O3. The summed E-state index contributed by atoms with van der Waals surface area (Å²) < 4.78 is 18.1. The lowest BCUT2D eigenvalue weighted by molar-refractivity contribution is 0.323. The van der Waals surface area contributed by atoms with Crippen LogP contribution in [0.2, 0.25) is 0 Å². The summed E-state index contributed by atoms with van der Waals surface area (Å²) in [5.74, 6) is 1.93. The van der Waals surface area contributed by atoms with E-state index >= 15 is 0 Å². The van der Waals surface area contributed by atoms with E-state index in [0.29, 0.717) is 23.8 Å². The number of ether oxygens (including phenoxy) is 3. The van der Waals surface area contributed by atoms with Gasteiger partial charge in [0.15, 0.2) is 11.5 Å². The number of hydrogen-bond donors (Lipinski definition) is 1. The van der Waals surface area contributed by atoms with Crippen molar-refractivity contribution in [3.05, 3.63) is 35.2 Å². The Morgan fingerprint density at radius 1 is 1.12 bits per heavy atom. The molecule has 6 heteroatoms. The van der Waals surface area contributed by atoms with Gasteiger partial charge in [-0.05, 0) is 38.5 Å². The number of methoxy groups -OCH3 is 3. The lowest BCUT2D eigenvalue weighted by atomic mass is 10.1. The number of benzene rings is 1. The Morgan fingerprint density at radius 2 is 1.75 bits per heavy atom. The Bertz CT molecular complexity index is 657. The van der Waals surface area contributed by atoms with E-state index < -0.39 is 0 Å². The molecule has 24 heavy (non-hydrogen) atoms. The van der Waals surface area contributed by atoms with Gasteiger partial charge in [0.1, 0.15) is 0 Å². The van der Waals surface area contributed by atoms with Crippen LogP contribution in [-0.2, 0) is 13.1 Å². The summed E-state index contributed by atoms with van der Waals surface area (Å²) in [5.41, 5.74) is 3.34. The molecule has 0 fully saturated rings. The first-order valence-electron chi connectivity index (χ1n) is 8.10. The van der Waals surface area contributed by atoms with Crippen molar-refractivity contribution >= 4 is 0 Å². The maximum Gasteiger partial charge on any atom is 0.203 e. The first kappa shape index (κ1) is 18.1. The van der Waals surface area contributed by atoms with E-state index in [1.165, 1.54) is 5.56 Å². The molecule has 1 unspecified atom stereocenters. The van der Waals surface area contributed by atoms with E-state index in [1.54, 1.807) is 21.3 Å². The minimum atomic E-state index is 0.199. The molecule has 0 bridgehead atoms. The number of nitrogens with zero attached hydrogens (tertiary/aromatic N) is 2. The number of aromatic nitrogens is 2. The zero-order valence-corrected chi connectivity index (χ0v) is 15.3. The molecule has 0 amide bonds. The number of nitrogens with one attached hydrogen (secondary N) is 1. The van der Waals surface area contributed by atoms with E-state index in [0.717, 1.165) is 17.8 Å². The van der Waals surface area contributed by atoms with Crippen molar-refractivity contribution in [1.82, 2.24) is 15.1 Å². The Morgan fingerprint density at radius 3 is 2.21 bits per heavy atom. The summed E-state index contributed by atoms with van der Waals surface area (Å²) in [7, 11) is 4.85. The van der Waals surface area contributed by atoms with Crippen LogP contribution in [0.5, 0.6) is 17.2 Å². The van der Waals surface area contributed by atoms with Crippen LogP contribution in [0.15, 0.2) is 18.3 Å². The minimum absolute atomic E-state index is 0.199. The minimum Gasteiger partial charge on any atom is -0.493 e. The number of rotatable bonds is 8. The van der Waals surface area contributed by atoms with Crippen LogP contribution in [0.25, 0.3) is 0 Å². The SMILES string of the molecule is CCn1cc(C(C)NCc2cc(OC)c(OC)c(OC)c2)c(C)n1. The molecule has 2 rings (SSSR count). The third kappa shape index (κ3) is 3.82. The molecule has 0 saturated carbocycles. The first-order valence-corrected chi connectivity index (χ1v) is 8.10. The predicted molar refractivity (Wildman–Crippen MR) is 94.0 cm³/mol. The van der Waals surface area contributed by atoms with Crippen LogP contribution in [0, 0.1) is 6.92 Å². The molecule has 1 aromatic heterocycles. The Balaban J connectivity index is 2.14. The Hall–Kier alpha value is -2.21. The van der Waals surface area contributed by atoms with Crippen LogP contribution >= 0.6 is 0 Å². The fourth-order valence-electron chi connectivity index (χ4n) is 2.74. The van der Waals surface area contributed by atoms with Gasteiger partial charge in [0, 0.05) is 30.9 Å². The van der Waals surface area contributed by atoms with Crippen molar-refractivity contribution in [3.63, 3.8) is 0 Å². The van der Waals surface area contributed by atoms with Gasteiger partial charge < -0.3 is 19.5 Å². The second-order valence-corrected chi connectivity index (χ2v) is 5.66. The van der Waals surface area contributed by atoms with Crippen LogP contribution in [-0.4, -0.2) is 31.1 Å². The van der Waals surface area contributed by atoms with Gasteiger partial charge in [0.2, 0.25) is 5.75 Å². The first-order chi connectivity index (χ1) is 11.5. The monoisotopic (exact) mass is 333 g/mol. The Labute approximate surface area is 143 Å². The van der Waals surface area contributed by atoms with Crippen molar-refractivity contribution in [2.45, 2.75) is 39.9 Å². The van der Waals surface area contributed by atoms with Crippen LogP contribution in [0.1, 0.15) is 36.7 Å². The normalized spacial score (nSPS) is 12.1. The number of hydrogen-bond acceptors (Lipinski definition) is 5. The molecule has 0 radical (unpaired) electrons. The van der Waals surface area contributed by atoms with E-state index in [4.69, 9.17) is 14.2 Å². The largest absolute Gasteiger partial charge is 0.493 e. The average molecular weight is 333 g/mol. The highest BCUT2D eigenvalue weighted by atomic mass is 16.5. The molecule has 1 heterocycles. The highest BCUT2D eigenvalue weighted by Crippen LogP contribution is 2.38. The second-order valence-electron chi connectivity index (χ2n) is 5.66. The molecule has 132 valence electrons. The lowest BCUT2D eigenvalue weighted by Crippen LogP contribution is -2.18. The molecule has 1 N–H and O–H groups in total. The third-order valence-corrected chi connectivity index (χ3v) is 4.11. The number of aryl methyl sites for hydroxylation is 2. The summed E-state index contributed by atoms with van der Waals surface area (Å²) in [6.07, 6.45) is 2.10. The van der Waals surface area contributed by atoms with Crippen molar-refractivity contribution in [1.29, 1.82) is 0 Å².